The summed E-state index contributed by atoms with van der Waals surface area (Å²) in [5, 5.41) is 0. The molecule has 0 atom stereocenters. The fourth-order valence-corrected chi connectivity index (χ4v) is 3.60. The van der Waals surface area contributed by atoms with E-state index in [2.05, 4.69) is 75.4 Å². The molecule has 0 N–H and O–H groups in total. The van der Waals surface area contributed by atoms with Crippen LogP contribution in [-0.2, 0) is 22.9 Å². The second-order valence-electron chi connectivity index (χ2n) is 7.49. The molecule has 0 spiro atoms. The quantitative estimate of drug-likeness (QED) is 0.221. The number of benzene rings is 2. The summed E-state index contributed by atoms with van der Waals surface area (Å²) in [5.74, 6) is 0. The fraction of sp³-hybridized carbons (Fsp3) is 0.333. The molecular formula is C27H36N2Ni. The maximum Gasteiger partial charge on any atom is 2.00 e. The molecule has 0 bridgehead atoms. The van der Waals surface area contributed by atoms with E-state index in [1.54, 1.807) is 0 Å². The maximum absolute atomic E-state index is 11.1. The molecule has 0 saturated carbocycles. The average Bonchev–Trinajstić information content (AvgIpc) is 3.02. The minimum Gasteiger partial charge on any atom is -0.493 e. The van der Waals surface area contributed by atoms with E-state index in [1.807, 2.05) is 0 Å². The molecule has 164 valence electrons. The summed E-state index contributed by atoms with van der Waals surface area (Å²) in [6.45, 7) is 6.52. The predicted molar refractivity (Wildman–Crippen MR) is 127 cm³/mol. The number of aryl methyl sites for hydroxylation is 2. The molecule has 0 unspecified atom stereocenters. The summed E-state index contributed by atoms with van der Waals surface area (Å²) < 4.78 is 1.40. The Balaban J connectivity index is 0.00000280. The van der Waals surface area contributed by atoms with Crippen LogP contribution in [0.3, 0.4) is 0 Å². The molecule has 2 aromatic rings. The molecule has 1 heterocycles. The second-order valence-corrected chi connectivity index (χ2v) is 7.49. The third-order valence-corrected chi connectivity index (χ3v) is 5.22. The zero-order valence-corrected chi connectivity index (χ0v) is 20.1. The van der Waals surface area contributed by atoms with Gasteiger partial charge >= 0.3 is 16.5 Å². The Morgan fingerprint density at radius 2 is 1.47 bits per heavy atom. The van der Waals surface area contributed by atoms with Crippen LogP contribution in [0.15, 0.2) is 60.2 Å². The maximum atomic E-state index is 11.1. The molecule has 3 rings (SSSR count). The summed E-state index contributed by atoms with van der Waals surface area (Å²) in [4.78, 5) is 0. The van der Waals surface area contributed by atoms with E-state index < -0.39 is 0 Å². The van der Waals surface area contributed by atoms with E-state index in [0.717, 1.165) is 48.2 Å². The van der Waals surface area contributed by atoms with Gasteiger partial charge in [-0.3, -0.25) is 0 Å². The zero-order chi connectivity index (χ0) is 19.2. The Labute approximate surface area is 194 Å². The number of hydrogen-bond acceptors (Lipinski definition) is 0. The third-order valence-electron chi connectivity index (χ3n) is 5.22. The van der Waals surface area contributed by atoms with Crippen molar-refractivity contribution in [2.45, 2.75) is 59.3 Å². The van der Waals surface area contributed by atoms with Gasteiger partial charge in [0.15, 0.2) is 0 Å². The number of hydrogen-bond donors (Lipinski definition) is 0. The topological polar surface area (TPSA) is 25.3 Å². The van der Waals surface area contributed by atoms with E-state index >= 15 is 0 Å². The van der Waals surface area contributed by atoms with Gasteiger partial charge in [-0.25, -0.2) is 4.70 Å². The van der Waals surface area contributed by atoms with Gasteiger partial charge in [-0.2, -0.15) is 0 Å². The van der Waals surface area contributed by atoms with Gasteiger partial charge in [0.1, 0.15) is 0 Å². The van der Waals surface area contributed by atoms with Crippen molar-refractivity contribution >= 4 is 11.4 Å². The van der Waals surface area contributed by atoms with Crippen molar-refractivity contribution in [1.29, 1.82) is 0 Å². The number of rotatable bonds is 8. The zero-order valence-electron chi connectivity index (χ0n) is 19.1. The van der Waals surface area contributed by atoms with Gasteiger partial charge in [-0.15, -0.1) is 0 Å². The Bertz CT molecular complexity index is 876. The molecule has 0 aromatic heterocycles. The Morgan fingerprint density at radius 1 is 0.833 bits per heavy atom. The minimum atomic E-state index is 0. The molecule has 0 saturated heterocycles. The first-order valence-electron chi connectivity index (χ1n) is 10.2. The molecule has 0 amide bonds. The van der Waals surface area contributed by atoms with Crippen LogP contribution < -0.4 is 0 Å². The number of unbranched alkanes of at least 4 members (excludes halogenated alkanes) is 2. The van der Waals surface area contributed by atoms with Crippen molar-refractivity contribution in [3.05, 3.63) is 103 Å². The van der Waals surface area contributed by atoms with Gasteiger partial charge in [0.2, 0.25) is 11.4 Å². The van der Waals surface area contributed by atoms with E-state index in [1.165, 1.54) is 34.2 Å². The molecule has 3 heteroatoms. The smallest absolute Gasteiger partial charge is 0.493 e. The van der Waals surface area contributed by atoms with Crippen molar-refractivity contribution in [3.63, 3.8) is 0 Å². The third kappa shape index (κ3) is 6.51. The Kier molecular flexibility index (Phi) is 12.5. The summed E-state index contributed by atoms with van der Waals surface area (Å²) in [7, 11) is 0. The standard InChI is InChI=1S/C25H30N2.2CH3.Ni/c1-4-6-9-20-10-8-12-22(17-20)24-18-23(11-7-5-2)25(27(24)26)21-15-13-19(3)14-16-21;;;/h8,10,12-18H,4-7,9,11H2,1-3H3;2*1H3;/q;2*-1;+2. The summed E-state index contributed by atoms with van der Waals surface area (Å²) in [6, 6.07) is 17.0. The molecule has 0 aliphatic carbocycles. The summed E-state index contributed by atoms with van der Waals surface area (Å²) >= 11 is 0. The van der Waals surface area contributed by atoms with E-state index in [0.29, 0.717) is 0 Å². The molecule has 30 heavy (non-hydrogen) atoms. The van der Waals surface area contributed by atoms with Gasteiger partial charge in [0, 0.05) is 22.8 Å². The van der Waals surface area contributed by atoms with Crippen LogP contribution in [0.2, 0.25) is 0 Å². The van der Waals surface area contributed by atoms with Gasteiger partial charge in [-0.1, -0.05) is 56.5 Å². The second kappa shape index (κ2) is 13.3. The van der Waals surface area contributed by atoms with E-state index in [-0.39, 0.29) is 31.3 Å². The molecule has 1 aliphatic heterocycles. The fourth-order valence-electron chi connectivity index (χ4n) is 3.60. The van der Waals surface area contributed by atoms with Gasteiger partial charge < -0.3 is 20.4 Å². The van der Waals surface area contributed by atoms with Crippen molar-refractivity contribution in [2.24, 2.45) is 0 Å². The predicted octanol–water partition coefficient (Wildman–Crippen LogP) is 8.23. The van der Waals surface area contributed by atoms with Crippen molar-refractivity contribution in [2.75, 3.05) is 0 Å². The van der Waals surface area contributed by atoms with Crippen LogP contribution in [0.4, 0.5) is 0 Å². The molecular weight excluding hydrogens is 411 g/mol. The summed E-state index contributed by atoms with van der Waals surface area (Å²) in [6.07, 6.45) is 8.90. The van der Waals surface area contributed by atoms with Crippen LogP contribution in [-0.4, -0.2) is 4.70 Å². The van der Waals surface area contributed by atoms with E-state index in [4.69, 9.17) is 0 Å². The van der Waals surface area contributed by atoms with Gasteiger partial charge in [-0.05, 0) is 62.4 Å². The van der Waals surface area contributed by atoms with E-state index in [9.17, 15) is 5.53 Å². The summed E-state index contributed by atoms with van der Waals surface area (Å²) in [5.41, 5.74) is 18.8. The molecule has 0 fully saturated rings. The average molecular weight is 447 g/mol. The van der Waals surface area contributed by atoms with Crippen molar-refractivity contribution in [3.8, 4) is 0 Å². The first kappa shape index (κ1) is 28.0. The normalized spacial score (nSPS) is 12.6. The molecule has 2 nitrogen and oxygen atoms in total. The molecule has 1 aliphatic rings. The van der Waals surface area contributed by atoms with Crippen molar-refractivity contribution < 1.29 is 21.2 Å². The van der Waals surface area contributed by atoms with Crippen LogP contribution in [0.1, 0.15) is 68.2 Å². The first-order chi connectivity index (χ1) is 13.1. The van der Waals surface area contributed by atoms with Crippen LogP contribution in [0.5, 0.6) is 0 Å². The van der Waals surface area contributed by atoms with Crippen LogP contribution in [0, 0.1) is 21.8 Å². The van der Waals surface area contributed by atoms with Gasteiger partial charge in [0.25, 0.3) is 0 Å². The van der Waals surface area contributed by atoms with Gasteiger partial charge in [0.05, 0.1) is 0 Å². The number of nitrogens with zero attached hydrogens (tertiary/aromatic N) is 2. The SMILES string of the molecule is CCCCC1=C(c2ccc(C)cc2)[N+](=[N-])C(c2cccc(CCCC)c2)=C1.[CH3-].[CH3-].[Ni+2]. The van der Waals surface area contributed by atoms with Crippen LogP contribution in [0.25, 0.3) is 16.9 Å². The van der Waals surface area contributed by atoms with Crippen LogP contribution >= 0.6 is 0 Å². The molecule has 2 aromatic carbocycles. The first-order valence-corrected chi connectivity index (χ1v) is 10.2. The largest absolute Gasteiger partial charge is 2.00 e. The molecule has 0 radical (unpaired) electrons. The Morgan fingerprint density at radius 3 is 2.10 bits per heavy atom. The Hall–Kier alpha value is -1.99. The number of allylic oxidation sites excluding steroid dienone is 2. The monoisotopic (exact) mass is 446 g/mol. The minimum absolute atomic E-state index is 0. The van der Waals surface area contributed by atoms with Crippen molar-refractivity contribution in [1.82, 2.24) is 0 Å².